The summed E-state index contributed by atoms with van der Waals surface area (Å²) in [5.74, 6) is 0.780. The second-order valence-electron chi connectivity index (χ2n) is 6.22. The van der Waals surface area contributed by atoms with E-state index in [1.54, 1.807) is 0 Å². The second-order valence-corrected chi connectivity index (χ2v) is 6.22. The van der Waals surface area contributed by atoms with Crippen LogP contribution in [-0.4, -0.2) is 19.0 Å². The van der Waals surface area contributed by atoms with E-state index in [1.807, 2.05) is 36.4 Å². The van der Waals surface area contributed by atoms with E-state index in [9.17, 15) is 4.79 Å². The lowest BCUT2D eigenvalue weighted by atomic mass is 9.97. The molecule has 2 aromatic carbocycles. The van der Waals surface area contributed by atoms with E-state index in [1.165, 1.54) is 6.42 Å². The summed E-state index contributed by atoms with van der Waals surface area (Å²) in [6.07, 6.45) is 2.76. The van der Waals surface area contributed by atoms with E-state index >= 15 is 0 Å². The summed E-state index contributed by atoms with van der Waals surface area (Å²) in [7, 11) is 0. The SMILES string of the molecule is Cl.O=C(CCC1CCNC1)NC(c1ccccc1)c1ccccc1. The van der Waals surface area contributed by atoms with Gasteiger partial charge < -0.3 is 10.6 Å². The van der Waals surface area contributed by atoms with Gasteiger partial charge in [-0.05, 0) is 43.0 Å². The first kappa shape index (κ1) is 18.5. The Bertz CT molecular complexity index is 573. The van der Waals surface area contributed by atoms with Crippen molar-refractivity contribution in [2.45, 2.75) is 25.3 Å². The van der Waals surface area contributed by atoms with Crippen molar-refractivity contribution in [1.82, 2.24) is 10.6 Å². The van der Waals surface area contributed by atoms with Crippen molar-refractivity contribution in [2.24, 2.45) is 5.92 Å². The summed E-state index contributed by atoms with van der Waals surface area (Å²) in [5.41, 5.74) is 2.24. The molecular weight excluding hydrogens is 320 g/mol. The maximum Gasteiger partial charge on any atom is 0.220 e. The van der Waals surface area contributed by atoms with Crippen LogP contribution in [0.4, 0.5) is 0 Å². The van der Waals surface area contributed by atoms with Gasteiger partial charge in [-0.2, -0.15) is 0 Å². The van der Waals surface area contributed by atoms with Crippen LogP contribution < -0.4 is 10.6 Å². The van der Waals surface area contributed by atoms with Gasteiger partial charge in [0.2, 0.25) is 5.91 Å². The van der Waals surface area contributed by atoms with E-state index in [4.69, 9.17) is 0 Å². The van der Waals surface area contributed by atoms with Crippen LogP contribution in [0.3, 0.4) is 0 Å². The Morgan fingerprint density at radius 3 is 2.12 bits per heavy atom. The van der Waals surface area contributed by atoms with E-state index in [0.29, 0.717) is 12.3 Å². The highest BCUT2D eigenvalue weighted by molar-refractivity contribution is 5.85. The van der Waals surface area contributed by atoms with Crippen LogP contribution >= 0.6 is 12.4 Å². The molecule has 0 bridgehead atoms. The van der Waals surface area contributed by atoms with Crippen molar-refractivity contribution < 1.29 is 4.79 Å². The molecule has 128 valence electrons. The fourth-order valence-corrected chi connectivity index (χ4v) is 3.18. The number of halogens is 1. The maximum atomic E-state index is 12.4. The van der Waals surface area contributed by atoms with Gasteiger partial charge in [-0.3, -0.25) is 4.79 Å². The van der Waals surface area contributed by atoms with E-state index in [0.717, 1.165) is 30.6 Å². The molecular formula is C20H25ClN2O. The first-order chi connectivity index (χ1) is 11.3. The maximum absolute atomic E-state index is 12.4. The zero-order valence-electron chi connectivity index (χ0n) is 13.8. The average Bonchev–Trinajstić information content (AvgIpc) is 3.13. The molecule has 0 saturated carbocycles. The molecule has 3 nitrogen and oxygen atoms in total. The lowest BCUT2D eigenvalue weighted by Crippen LogP contribution is -2.29. The van der Waals surface area contributed by atoms with Crippen molar-refractivity contribution in [3.05, 3.63) is 71.8 Å². The minimum Gasteiger partial charge on any atom is -0.345 e. The number of rotatable bonds is 6. The van der Waals surface area contributed by atoms with Gasteiger partial charge in [-0.25, -0.2) is 0 Å². The van der Waals surface area contributed by atoms with Crippen molar-refractivity contribution >= 4 is 18.3 Å². The number of amides is 1. The summed E-state index contributed by atoms with van der Waals surface area (Å²) in [5, 5.41) is 6.57. The largest absolute Gasteiger partial charge is 0.345 e. The molecule has 4 heteroatoms. The monoisotopic (exact) mass is 344 g/mol. The Morgan fingerprint density at radius 2 is 1.62 bits per heavy atom. The van der Waals surface area contributed by atoms with Gasteiger partial charge in [0.25, 0.3) is 0 Å². The Labute approximate surface area is 150 Å². The van der Waals surface area contributed by atoms with Gasteiger partial charge in [-0.1, -0.05) is 60.7 Å². The van der Waals surface area contributed by atoms with Crippen molar-refractivity contribution in [1.29, 1.82) is 0 Å². The number of hydrogen-bond acceptors (Lipinski definition) is 2. The van der Waals surface area contributed by atoms with Crippen LogP contribution in [0.15, 0.2) is 60.7 Å². The molecule has 1 heterocycles. The Morgan fingerprint density at radius 1 is 1.04 bits per heavy atom. The Hall–Kier alpha value is -1.84. The predicted octanol–water partition coefficient (Wildman–Crippen LogP) is 3.70. The van der Waals surface area contributed by atoms with Crippen LogP contribution in [0.2, 0.25) is 0 Å². The summed E-state index contributed by atoms with van der Waals surface area (Å²) in [6.45, 7) is 2.14. The van der Waals surface area contributed by atoms with Gasteiger partial charge in [0, 0.05) is 6.42 Å². The molecule has 1 saturated heterocycles. The molecule has 1 aliphatic rings. The third kappa shape index (κ3) is 5.08. The molecule has 0 radical (unpaired) electrons. The predicted molar refractivity (Wildman–Crippen MR) is 100 cm³/mol. The number of nitrogens with one attached hydrogen (secondary N) is 2. The number of carbonyl (C=O) groups excluding carboxylic acids is 1. The van der Waals surface area contributed by atoms with Crippen LogP contribution in [0, 0.1) is 5.92 Å². The van der Waals surface area contributed by atoms with Crippen LogP contribution in [0.25, 0.3) is 0 Å². The third-order valence-corrected chi connectivity index (χ3v) is 4.51. The van der Waals surface area contributed by atoms with Gasteiger partial charge in [-0.15, -0.1) is 12.4 Å². The molecule has 0 aromatic heterocycles. The van der Waals surface area contributed by atoms with Crippen molar-refractivity contribution in [3.63, 3.8) is 0 Å². The van der Waals surface area contributed by atoms with Crippen LogP contribution in [-0.2, 0) is 4.79 Å². The first-order valence-corrected chi connectivity index (χ1v) is 8.43. The zero-order valence-corrected chi connectivity index (χ0v) is 14.6. The number of benzene rings is 2. The summed E-state index contributed by atoms with van der Waals surface area (Å²) >= 11 is 0. The summed E-state index contributed by atoms with van der Waals surface area (Å²) < 4.78 is 0. The fourth-order valence-electron chi connectivity index (χ4n) is 3.18. The van der Waals surface area contributed by atoms with E-state index in [2.05, 4.69) is 34.9 Å². The Kier molecular flexibility index (Phi) is 7.29. The quantitative estimate of drug-likeness (QED) is 0.838. The zero-order chi connectivity index (χ0) is 15.9. The summed E-state index contributed by atoms with van der Waals surface area (Å²) in [4.78, 5) is 12.4. The molecule has 1 aliphatic heterocycles. The minimum absolute atomic E-state index is 0. The topological polar surface area (TPSA) is 41.1 Å². The van der Waals surface area contributed by atoms with Crippen LogP contribution in [0.1, 0.15) is 36.4 Å². The highest BCUT2D eigenvalue weighted by atomic mass is 35.5. The van der Waals surface area contributed by atoms with E-state index in [-0.39, 0.29) is 24.4 Å². The molecule has 1 fully saturated rings. The molecule has 1 unspecified atom stereocenters. The lowest BCUT2D eigenvalue weighted by molar-refractivity contribution is -0.121. The van der Waals surface area contributed by atoms with Crippen LogP contribution in [0.5, 0.6) is 0 Å². The number of hydrogen-bond donors (Lipinski definition) is 2. The second kappa shape index (κ2) is 9.45. The fraction of sp³-hybridized carbons (Fsp3) is 0.350. The van der Waals surface area contributed by atoms with Gasteiger partial charge in [0.05, 0.1) is 6.04 Å². The van der Waals surface area contributed by atoms with Crippen molar-refractivity contribution in [3.8, 4) is 0 Å². The molecule has 1 amide bonds. The molecule has 3 rings (SSSR count). The Balaban J connectivity index is 0.00000208. The molecule has 2 N–H and O–H groups in total. The number of carbonyl (C=O) groups is 1. The van der Waals surface area contributed by atoms with Gasteiger partial charge in [0.1, 0.15) is 0 Å². The third-order valence-electron chi connectivity index (χ3n) is 4.51. The molecule has 0 aliphatic carbocycles. The molecule has 2 aromatic rings. The van der Waals surface area contributed by atoms with Crippen molar-refractivity contribution in [2.75, 3.05) is 13.1 Å². The average molecular weight is 345 g/mol. The lowest BCUT2D eigenvalue weighted by Gasteiger charge is -2.20. The highest BCUT2D eigenvalue weighted by Crippen LogP contribution is 2.22. The minimum atomic E-state index is -0.0772. The molecule has 0 spiro atoms. The smallest absolute Gasteiger partial charge is 0.220 e. The van der Waals surface area contributed by atoms with E-state index < -0.39 is 0 Å². The van der Waals surface area contributed by atoms with Gasteiger partial charge in [0.15, 0.2) is 0 Å². The van der Waals surface area contributed by atoms with Gasteiger partial charge >= 0.3 is 0 Å². The highest BCUT2D eigenvalue weighted by Gasteiger charge is 2.19. The normalized spacial score (nSPS) is 16.6. The first-order valence-electron chi connectivity index (χ1n) is 8.43. The standard InChI is InChI=1S/C20H24N2O.ClH/c23-19(12-11-16-13-14-21-15-16)22-20(17-7-3-1-4-8-17)18-9-5-2-6-10-18;/h1-10,16,20-21H,11-15H2,(H,22,23);1H. The molecule has 1 atom stereocenters. The summed E-state index contributed by atoms with van der Waals surface area (Å²) in [6, 6.07) is 20.3. The molecule has 24 heavy (non-hydrogen) atoms.